The van der Waals surface area contributed by atoms with E-state index in [1.807, 2.05) is 0 Å². The number of aromatic nitrogens is 4. The molecule has 1 atom stereocenters. The highest BCUT2D eigenvalue weighted by Crippen LogP contribution is 2.34. The van der Waals surface area contributed by atoms with Crippen molar-refractivity contribution < 1.29 is 26.3 Å². The molecule has 1 fully saturated rings. The Morgan fingerprint density at radius 3 is 2.41 bits per heavy atom. The summed E-state index contributed by atoms with van der Waals surface area (Å²) in [6, 6.07) is 4.06. The van der Waals surface area contributed by atoms with E-state index in [1.54, 1.807) is 4.90 Å². The third kappa shape index (κ3) is 3.85. The molecule has 5 nitrogen and oxygen atoms in total. The maximum absolute atomic E-state index is 13.1. The van der Waals surface area contributed by atoms with Crippen LogP contribution < -0.4 is 4.90 Å². The number of alkyl halides is 6. The summed E-state index contributed by atoms with van der Waals surface area (Å²) in [4.78, 5) is 5.73. The zero-order chi connectivity index (χ0) is 20.8. The van der Waals surface area contributed by atoms with Crippen LogP contribution in [0.1, 0.15) is 35.7 Å². The number of nitrogens with zero attached hydrogens (tertiary/aromatic N) is 5. The number of hydrogen-bond acceptors (Lipinski definition) is 4. The van der Waals surface area contributed by atoms with Crippen LogP contribution in [0.15, 0.2) is 36.7 Å². The molecule has 0 radical (unpaired) electrons. The summed E-state index contributed by atoms with van der Waals surface area (Å²) in [6.07, 6.45) is -5.67. The Kier molecular flexibility index (Phi) is 4.62. The fourth-order valence-corrected chi connectivity index (χ4v) is 3.52. The van der Waals surface area contributed by atoms with E-state index in [1.165, 1.54) is 10.5 Å². The van der Waals surface area contributed by atoms with Crippen molar-refractivity contribution >= 4 is 11.5 Å². The van der Waals surface area contributed by atoms with E-state index in [2.05, 4.69) is 15.2 Å². The lowest BCUT2D eigenvalue weighted by atomic mass is 9.97. The Bertz CT molecular complexity index is 1030. The van der Waals surface area contributed by atoms with Gasteiger partial charge in [0.15, 0.2) is 5.65 Å². The van der Waals surface area contributed by atoms with Gasteiger partial charge in [0.05, 0.1) is 11.1 Å². The Hall–Kier alpha value is -2.85. The molecule has 1 aliphatic rings. The molecule has 4 heterocycles. The molecule has 29 heavy (non-hydrogen) atoms. The first kappa shape index (κ1) is 19.5. The molecule has 3 aromatic heterocycles. The summed E-state index contributed by atoms with van der Waals surface area (Å²) in [7, 11) is 0. The van der Waals surface area contributed by atoms with Crippen LogP contribution in [0, 0.1) is 0 Å². The van der Waals surface area contributed by atoms with Crippen LogP contribution in [0.3, 0.4) is 0 Å². The first-order valence-electron chi connectivity index (χ1n) is 8.83. The molecular weight excluding hydrogens is 400 g/mol. The second-order valence-electron chi connectivity index (χ2n) is 6.89. The molecule has 0 amide bonds. The lowest BCUT2D eigenvalue weighted by Gasteiger charge is -2.33. The number of hydrogen-bond donors (Lipinski definition) is 0. The number of rotatable bonds is 2. The van der Waals surface area contributed by atoms with Crippen LogP contribution in [0.2, 0.25) is 0 Å². The molecule has 4 rings (SSSR count). The molecule has 0 aliphatic carbocycles. The van der Waals surface area contributed by atoms with Crippen LogP contribution in [0.5, 0.6) is 0 Å². The quantitative estimate of drug-likeness (QED) is 0.577. The van der Waals surface area contributed by atoms with Crippen molar-refractivity contribution in [3.05, 3.63) is 53.6 Å². The summed E-state index contributed by atoms with van der Waals surface area (Å²) < 4.78 is 79.4. The van der Waals surface area contributed by atoms with Crippen molar-refractivity contribution in [2.75, 3.05) is 18.0 Å². The standard InChI is InChI=1S/C18H15F6N5/c19-17(20,21)12-5-6-25-15(8-12)28-7-1-2-11(9-28)16-27-26-14-4-3-13(10-29(14)16)18(22,23)24/h3-6,8,10-11H,1-2,7,9H2. The lowest BCUT2D eigenvalue weighted by molar-refractivity contribution is -0.138. The van der Waals surface area contributed by atoms with Crippen LogP contribution in [0.4, 0.5) is 32.2 Å². The molecule has 0 N–H and O–H groups in total. The Morgan fingerprint density at radius 2 is 1.69 bits per heavy atom. The zero-order valence-electron chi connectivity index (χ0n) is 14.9. The molecule has 154 valence electrons. The largest absolute Gasteiger partial charge is 0.417 e. The fraction of sp³-hybridized carbons (Fsp3) is 0.389. The molecule has 0 bridgehead atoms. The summed E-state index contributed by atoms with van der Waals surface area (Å²) >= 11 is 0. The molecule has 3 aromatic rings. The number of halogens is 6. The van der Waals surface area contributed by atoms with Gasteiger partial charge in [-0.2, -0.15) is 26.3 Å². The predicted octanol–water partition coefficient (Wildman–Crippen LogP) is 4.55. The topological polar surface area (TPSA) is 46.3 Å². The van der Waals surface area contributed by atoms with Gasteiger partial charge in [-0.1, -0.05) is 0 Å². The summed E-state index contributed by atoms with van der Waals surface area (Å²) in [6.45, 7) is 0.778. The molecule has 0 spiro atoms. The van der Waals surface area contributed by atoms with E-state index in [4.69, 9.17) is 0 Å². The number of pyridine rings is 2. The summed E-state index contributed by atoms with van der Waals surface area (Å²) in [5.41, 5.74) is -1.34. The van der Waals surface area contributed by atoms with Crippen molar-refractivity contribution in [1.29, 1.82) is 0 Å². The van der Waals surface area contributed by atoms with Gasteiger partial charge < -0.3 is 4.90 Å². The number of fused-ring (bicyclic) bond motifs is 1. The average molecular weight is 415 g/mol. The first-order chi connectivity index (χ1) is 13.6. The third-order valence-electron chi connectivity index (χ3n) is 4.94. The van der Waals surface area contributed by atoms with Crippen LogP contribution in [-0.4, -0.2) is 32.7 Å². The van der Waals surface area contributed by atoms with Gasteiger partial charge in [0, 0.05) is 31.4 Å². The van der Waals surface area contributed by atoms with E-state index in [0.29, 0.717) is 25.2 Å². The van der Waals surface area contributed by atoms with E-state index in [9.17, 15) is 26.3 Å². The molecule has 0 saturated carbocycles. The molecule has 11 heteroatoms. The van der Waals surface area contributed by atoms with E-state index >= 15 is 0 Å². The molecular formula is C18H15F6N5. The second kappa shape index (κ2) is 6.89. The zero-order valence-corrected chi connectivity index (χ0v) is 14.9. The highest BCUT2D eigenvalue weighted by molar-refractivity contribution is 5.44. The lowest BCUT2D eigenvalue weighted by Crippen LogP contribution is -2.35. The van der Waals surface area contributed by atoms with Crippen LogP contribution in [-0.2, 0) is 12.4 Å². The maximum atomic E-state index is 13.1. The number of anilines is 1. The van der Waals surface area contributed by atoms with Crippen molar-refractivity contribution in [3.8, 4) is 0 Å². The second-order valence-corrected chi connectivity index (χ2v) is 6.89. The van der Waals surface area contributed by atoms with E-state index in [-0.39, 0.29) is 23.9 Å². The van der Waals surface area contributed by atoms with Crippen molar-refractivity contribution in [1.82, 2.24) is 19.6 Å². The highest BCUT2D eigenvalue weighted by atomic mass is 19.4. The van der Waals surface area contributed by atoms with Gasteiger partial charge in [0.25, 0.3) is 0 Å². The molecule has 1 unspecified atom stereocenters. The predicted molar refractivity (Wildman–Crippen MR) is 91.4 cm³/mol. The van der Waals surface area contributed by atoms with Crippen molar-refractivity contribution in [2.24, 2.45) is 0 Å². The molecule has 1 aliphatic heterocycles. The van der Waals surface area contributed by atoms with Gasteiger partial charge >= 0.3 is 12.4 Å². The smallest absolute Gasteiger partial charge is 0.356 e. The monoisotopic (exact) mass is 415 g/mol. The van der Waals surface area contributed by atoms with Crippen LogP contribution >= 0.6 is 0 Å². The average Bonchev–Trinajstić information content (AvgIpc) is 3.10. The molecule has 1 saturated heterocycles. The van der Waals surface area contributed by atoms with Gasteiger partial charge in [0.2, 0.25) is 0 Å². The molecule has 0 aromatic carbocycles. The highest BCUT2D eigenvalue weighted by Gasteiger charge is 2.34. The van der Waals surface area contributed by atoms with Gasteiger partial charge in [0.1, 0.15) is 11.6 Å². The third-order valence-corrected chi connectivity index (χ3v) is 4.94. The summed E-state index contributed by atoms with van der Waals surface area (Å²) in [5.74, 6) is 0.232. The number of piperidine rings is 1. The Labute approximate surface area is 161 Å². The fourth-order valence-electron chi connectivity index (χ4n) is 3.52. The minimum absolute atomic E-state index is 0.175. The first-order valence-corrected chi connectivity index (χ1v) is 8.83. The minimum atomic E-state index is -4.50. The summed E-state index contributed by atoms with van der Waals surface area (Å²) in [5, 5.41) is 7.97. The SMILES string of the molecule is FC(F)(F)c1ccnc(N2CCCC(c3nnc4ccc(C(F)(F)F)cn34)C2)c1. The maximum Gasteiger partial charge on any atom is 0.417 e. The van der Waals surface area contributed by atoms with Crippen molar-refractivity contribution in [3.63, 3.8) is 0 Å². The van der Waals surface area contributed by atoms with Gasteiger partial charge in [-0.05, 0) is 37.1 Å². The Balaban J connectivity index is 1.64. The van der Waals surface area contributed by atoms with Gasteiger partial charge in [-0.3, -0.25) is 4.40 Å². The normalized spacial score (nSPS) is 18.4. The Morgan fingerprint density at radius 1 is 0.931 bits per heavy atom. The van der Waals surface area contributed by atoms with Gasteiger partial charge in [-0.15, -0.1) is 10.2 Å². The van der Waals surface area contributed by atoms with E-state index < -0.39 is 23.5 Å². The van der Waals surface area contributed by atoms with Crippen LogP contribution in [0.25, 0.3) is 5.65 Å². The van der Waals surface area contributed by atoms with E-state index in [0.717, 1.165) is 30.6 Å². The minimum Gasteiger partial charge on any atom is -0.356 e. The van der Waals surface area contributed by atoms with Crippen molar-refractivity contribution in [2.45, 2.75) is 31.1 Å². The van der Waals surface area contributed by atoms with Gasteiger partial charge in [-0.25, -0.2) is 4.98 Å².